The van der Waals surface area contributed by atoms with Gasteiger partial charge in [-0.25, -0.2) is 4.79 Å². The number of urea groups is 1. The number of benzene rings is 2. The van der Waals surface area contributed by atoms with Gasteiger partial charge in [0, 0.05) is 6.54 Å². The molecule has 2 N–H and O–H groups in total. The molecule has 2 aromatic rings. The van der Waals surface area contributed by atoms with E-state index in [0.29, 0.717) is 18.0 Å². The van der Waals surface area contributed by atoms with Crippen LogP contribution in [0.3, 0.4) is 0 Å². The molecule has 0 aliphatic heterocycles. The predicted molar refractivity (Wildman–Crippen MR) is 107 cm³/mol. The molecule has 0 fully saturated rings. The Labute approximate surface area is 161 Å². The topological polar surface area (TPSA) is 59.6 Å². The molecule has 0 spiro atoms. The van der Waals surface area contributed by atoms with Crippen LogP contribution in [0.4, 0.5) is 4.79 Å². The third kappa shape index (κ3) is 4.94. The van der Waals surface area contributed by atoms with Gasteiger partial charge < -0.3 is 20.1 Å². The first kappa shape index (κ1) is 19.1. The Morgan fingerprint density at radius 3 is 2.70 bits per heavy atom. The Kier molecular flexibility index (Phi) is 6.58. The molecule has 2 amide bonds. The molecule has 1 atom stereocenters. The zero-order valence-corrected chi connectivity index (χ0v) is 16.1. The Morgan fingerprint density at radius 2 is 1.89 bits per heavy atom. The second-order valence-electron chi connectivity index (χ2n) is 6.84. The summed E-state index contributed by atoms with van der Waals surface area (Å²) in [6.07, 6.45) is 5.12. The number of nitrogens with one attached hydrogen (secondary N) is 2. The molecule has 0 saturated heterocycles. The van der Waals surface area contributed by atoms with Crippen LogP contribution in [0.25, 0.3) is 0 Å². The van der Waals surface area contributed by atoms with E-state index in [-0.39, 0.29) is 12.1 Å². The van der Waals surface area contributed by atoms with E-state index < -0.39 is 0 Å². The normalized spacial score (nSPS) is 16.0. The van der Waals surface area contributed by atoms with Crippen LogP contribution < -0.4 is 20.1 Å². The number of carbonyl (C=O) groups excluding carboxylic acids is 1. The fourth-order valence-corrected chi connectivity index (χ4v) is 3.64. The first-order valence-electron chi connectivity index (χ1n) is 9.54. The number of ether oxygens (including phenoxy) is 2. The smallest absolute Gasteiger partial charge is 0.315 e. The SMILES string of the molecule is COc1ccc(CCNC(=O)NC2CCCCc3ccccc32)cc1OC. The number of aryl methyl sites for hydroxylation is 1. The standard InChI is InChI=1S/C22H28N2O3/c1-26-20-12-11-16(15-21(20)27-2)13-14-23-22(25)24-19-10-6-4-8-17-7-3-5-9-18(17)19/h3,5,7,9,11-12,15,19H,4,6,8,10,13-14H2,1-2H3,(H2,23,24,25). The summed E-state index contributed by atoms with van der Waals surface area (Å²) in [5, 5.41) is 6.12. The molecule has 0 aromatic heterocycles. The van der Waals surface area contributed by atoms with Gasteiger partial charge in [0.05, 0.1) is 20.3 Å². The first-order chi connectivity index (χ1) is 13.2. The van der Waals surface area contributed by atoms with Crippen molar-refractivity contribution in [2.75, 3.05) is 20.8 Å². The molecule has 0 heterocycles. The maximum absolute atomic E-state index is 12.4. The lowest BCUT2D eigenvalue weighted by atomic mass is 9.99. The average Bonchev–Trinajstić information content (AvgIpc) is 2.90. The van der Waals surface area contributed by atoms with E-state index in [1.54, 1.807) is 14.2 Å². The van der Waals surface area contributed by atoms with E-state index >= 15 is 0 Å². The van der Waals surface area contributed by atoms with Gasteiger partial charge in [0.25, 0.3) is 0 Å². The minimum atomic E-state index is -0.114. The van der Waals surface area contributed by atoms with Crippen LogP contribution in [0, 0.1) is 0 Å². The number of methoxy groups -OCH3 is 2. The number of hydrogen-bond donors (Lipinski definition) is 2. The van der Waals surface area contributed by atoms with Crippen LogP contribution in [0.1, 0.15) is 42.0 Å². The fraction of sp³-hybridized carbons (Fsp3) is 0.409. The van der Waals surface area contributed by atoms with Gasteiger partial charge in [-0.2, -0.15) is 0 Å². The van der Waals surface area contributed by atoms with Crippen molar-refractivity contribution < 1.29 is 14.3 Å². The zero-order valence-electron chi connectivity index (χ0n) is 16.1. The van der Waals surface area contributed by atoms with Crippen molar-refractivity contribution in [1.29, 1.82) is 0 Å². The van der Waals surface area contributed by atoms with E-state index in [2.05, 4.69) is 28.8 Å². The highest BCUT2D eigenvalue weighted by atomic mass is 16.5. The number of carbonyl (C=O) groups is 1. The summed E-state index contributed by atoms with van der Waals surface area (Å²) in [6.45, 7) is 0.565. The van der Waals surface area contributed by atoms with Crippen LogP contribution in [0.5, 0.6) is 11.5 Å². The van der Waals surface area contributed by atoms with Gasteiger partial charge in [-0.1, -0.05) is 36.8 Å². The molecule has 27 heavy (non-hydrogen) atoms. The number of hydrogen-bond acceptors (Lipinski definition) is 3. The van der Waals surface area contributed by atoms with Gasteiger partial charge in [0.1, 0.15) is 0 Å². The van der Waals surface area contributed by atoms with E-state index in [1.807, 2.05) is 24.3 Å². The van der Waals surface area contributed by atoms with Crippen molar-refractivity contribution in [2.24, 2.45) is 0 Å². The lowest BCUT2D eigenvalue weighted by molar-refractivity contribution is 0.236. The van der Waals surface area contributed by atoms with Crippen LogP contribution >= 0.6 is 0 Å². The third-order valence-corrected chi connectivity index (χ3v) is 5.07. The molecular weight excluding hydrogens is 340 g/mol. The number of fused-ring (bicyclic) bond motifs is 1. The molecule has 5 heteroatoms. The van der Waals surface area contributed by atoms with Crippen molar-refractivity contribution in [3.8, 4) is 11.5 Å². The Morgan fingerprint density at radius 1 is 1.07 bits per heavy atom. The van der Waals surface area contributed by atoms with E-state index in [9.17, 15) is 4.79 Å². The molecular formula is C22H28N2O3. The van der Waals surface area contributed by atoms with Crippen molar-refractivity contribution in [2.45, 2.75) is 38.1 Å². The highest BCUT2D eigenvalue weighted by Gasteiger charge is 2.19. The summed E-state index contributed by atoms with van der Waals surface area (Å²) >= 11 is 0. The quantitative estimate of drug-likeness (QED) is 0.758. The lowest BCUT2D eigenvalue weighted by Crippen LogP contribution is -2.39. The molecule has 1 unspecified atom stereocenters. The number of amides is 2. The van der Waals surface area contributed by atoms with Gasteiger partial charge >= 0.3 is 6.03 Å². The molecule has 144 valence electrons. The molecule has 0 radical (unpaired) electrons. The lowest BCUT2D eigenvalue weighted by Gasteiger charge is -2.19. The summed E-state index contributed by atoms with van der Waals surface area (Å²) in [6, 6.07) is 14.2. The molecule has 1 aliphatic carbocycles. The summed E-state index contributed by atoms with van der Waals surface area (Å²) in [7, 11) is 3.24. The molecule has 5 nitrogen and oxygen atoms in total. The minimum absolute atomic E-state index is 0.0878. The van der Waals surface area contributed by atoms with E-state index in [4.69, 9.17) is 9.47 Å². The largest absolute Gasteiger partial charge is 0.493 e. The van der Waals surface area contributed by atoms with Gasteiger partial charge in [-0.05, 0) is 54.5 Å². The zero-order chi connectivity index (χ0) is 19.1. The van der Waals surface area contributed by atoms with Crippen molar-refractivity contribution >= 4 is 6.03 Å². The summed E-state index contributed by atoms with van der Waals surface area (Å²) < 4.78 is 10.6. The fourth-order valence-electron chi connectivity index (χ4n) is 3.64. The van der Waals surface area contributed by atoms with E-state index in [0.717, 1.165) is 31.2 Å². The molecule has 1 aliphatic rings. The van der Waals surface area contributed by atoms with Crippen molar-refractivity contribution in [3.63, 3.8) is 0 Å². The van der Waals surface area contributed by atoms with Crippen molar-refractivity contribution in [3.05, 3.63) is 59.2 Å². The molecule has 3 rings (SSSR count). The van der Waals surface area contributed by atoms with Gasteiger partial charge in [-0.15, -0.1) is 0 Å². The van der Waals surface area contributed by atoms with Crippen LogP contribution in [-0.2, 0) is 12.8 Å². The Hall–Kier alpha value is -2.69. The molecule has 2 aromatic carbocycles. The molecule has 0 bridgehead atoms. The summed E-state index contributed by atoms with van der Waals surface area (Å²) in [4.78, 5) is 12.4. The average molecular weight is 368 g/mol. The second kappa shape index (κ2) is 9.31. The minimum Gasteiger partial charge on any atom is -0.493 e. The van der Waals surface area contributed by atoms with Gasteiger partial charge in [0.2, 0.25) is 0 Å². The highest BCUT2D eigenvalue weighted by molar-refractivity contribution is 5.74. The third-order valence-electron chi connectivity index (χ3n) is 5.07. The Bertz CT molecular complexity index is 776. The monoisotopic (exact) mass is 368 g/mol. The first-order valence-corrected chi connectivity index (χ1v) is 9.54. The Balaban J connectivity index is 1.53. The van der Waals surface area contributed by atoms with Crippen molar-refractivity contribution in [1.82, 2.24) is 10.6 Å². The molecule has 0 saturated carbocycles. The summed E-state index contributed by atoms with van der Waals surface area (Å²) in [5.74, 6) is 1.41. The predicted octanol–water partition coefficient (Wildman–Crippen LogP) is 4.01. The van der Waals surface area contributed by atoms with Gasteiger partial charge in [-0.3, -0.25) is 0 Å². The highest BCUT2D eigenvalue weighted by Crippen LogP contribution is 2.29. The maximum Gasteiger partial charge on any atom is 0.315 e. The van der Waals surface area contributed by atoms with Crippen LogP contribution in [0.2, 0.25) is 0 Å². The number of rotatable bonds is 6. The van der Waals surface area contributed by atoms with Crippen LogP contribution in [-0.4, -0.2) is 26.8 Å². The second-order valence-corrected chi connectivity index (χ2v) is 6.84. The maximum atomic E-state index is 12.4. The summed E-state index contributed by atoms with van der Waals surface area (Å²) in [5.41, 5.74) is 3.70. The van der Waals surface area contributed by atoms with Gasteiger partial charge in [0.15, 0.2) is 11.5 Å². The van der Waals surface area contributed by atoms with Crippen LogP contribution in [0.15, 0.2) is 42.5 Å². The van der Waals surface area contributed by atoms with E-state index in [1.165, 1.54) is 17.5 Å².